The lowest BCUT2D eigenvalue weighted by atomic mass is 10.0. The first-order chi connectivity index (χ1) is 9.22. The zero-order chi connectivity index (χ0) is 13.2. The summed E-state index contributed by atoms with van der Waals surface area (Å²) >= 11 is 0. The van der Waals surface area contributed by atoms with Crippen LogP contribution in [0, 0.1) is 5.82 Å². The fourth-order valence-electron chi connectivity index (χ4n) is 3.08. The van der Waals surface area contributed by atoms with Crippen LogP contribution in [0.2, 0.25) is 0 Å². The van der Waals surface area contributed by atoms with Crippen LogP contribution in [-0.4, -0.2) is 30.6 Å². The molecule has 2 nitrogen and oxygen atoms in total. The standard InChI is InChI=1S/C16H21FN2/c17-14-3-4-16-12(1-2-13(16)11-14)5-8-19-9-6-15(18)7-10-19/h1,3-4,11,15H,2,5-10,18H2. The van der Waals surface area contributed by atoms with Gasteiger partial charge in [-0.1, -0.05) is 12.1 Å². The Morgan fingerprint density at radius 1 is 1.26 bits per heavy atom. The van der Waals surface area contributed by atoms with E-state index in [0.29, 0.717) is 6.04 Å². The molecule has 1 aliphatic carbocycles. The van der Waals surface area contributed by atoms with E-state index in [1.54, 1.807) is 12.1 Å². The zero-order valence-electron chi connectivity index (χ0n) is 11.2. The Morgan fingerprint density at radius 2 is 2.05 bits per heavy atom. The molecule has 1 saturated heterocycles. The summed E-state index contributed by atoms with van der Waals surface area (Å²) in [4.78, 5) is 2.49. The second kappa shape index (κ2) is 5.43. The van der Waals surface area contributed by atoms with E-state index < -0.39 is 0 Å². The SMILES string of the molecule is NC1CCN(CCC2=CCc3cc(F)ccc32)CC1. The largest absolute Gasteiger partial charge is 0.328 e. The third kappa shape index (κ3) is 2.88. The Balaban J connectivity index is 1.58. The monoisotopic (exact) mass is 260 g/mol. The van der Waals surface area contributed by atoms with E-state index in [9.17, 15) is 4.39 Å². The summed E-state index contributed by atoms with van der Waals surface area (Å²) in [5.74, 6) is -0.126. The summed E-state index contributed by atoms with van der Waals surface area (Å²) in [6, 6.07) is 5.55. The number of nitrogens with two attached hydrogens (primary N) is 1. The molecular formula is C16H21FN2. The number of piperidine rings is 1. The third-order valence-electron chi connectivity index (χ3n) is 4.31. The minimum absolute atomic E-state index is 0.126. The van der Waals surface area contributed by atoms with E-state index in [0.717, 1.165) is 50.9 Å². The molecule has 0 spiro atoms. The van der Waals surface area contributed by atoms with Crippen LogP contribution in [0.3, 0.4) is 0 Å². The lowest BCUT2D eigenvalue weighted by molar-refractivity contribution is 0.218. The first-order valence-corrected chi connectivity index (χ1v) is 7.18. The highest BCUT2D eigenvalue weighted by Crippen LogP contribution is 2.30. The molecule has 0 bridgehead atoms. The molecule has 0 atom stereocenters. The van der Waals surface area contributed by atoms with Gasteiger partial charge in [0.1, 0.15) is 5.82 Å². The van der Waals surface area contributed by atoms with E-state index in [1.165, 1.54) is 11.1 Å². The molecule has 0 unspecified atom stereocenters. The van der Waals surface area contributed by atoms with Crippen LogP contribution in [0.25, 0.3) is 5.57 Å². The molecule has 0 amide bonds. The first kappa shape index (κ1) is 12.8. The van der Waals surface area contributed by atoms with Crippen LogP contribution in [-0.2, 0) is 6.42 Å². The summed E-state index contributed by atoms with van der Waals surface area (Å²) in [6.45, 7) is 3.32. The molecule has 2 aliphatic rings. The Labute approximate surface area is 114 Å². The molecule has 3 heteroatoms. The molecule has 102 valence electrons. The summed E-state index contributed by atoms with van der Waals surface area (Å²) in [5.41, 5.74) is 9.68. The van der Waals surface area contributed by atoms with Crippen molar-refractivity contribution in [3.8, 4) is 0 Å². The van der Waals surface area contributed by atoms with Crippen molar-refractivity contribution in [2.45, 2.75) is 31.7 Å². The van der Waals surface area contributed by atoms with Crippen LogP contribution in [0.4, 0.5) is 4.39 Å². The van der Waals surface area contributed by atoms with Gasteiger partial charge in [-0.3, -0.25) is 0 Å². The molecule has 19 heavy (non-hydrogen) atoms. The van der Waals surface area contributed by atoms with E-state index in [2.05, 4.69) is 11.0 Å². The number of rotatable bonds is 3. The number of nitrogens with zero attached hydrogens (tertiary/aromatic N) is 1. The quantitative estimate of drug-likeness (QED) is 0.905. The van der Waals surface area contributed by atoms with Crippen molar-refractivity contribution in [3.63, 3.8) is 0 Å². The van der Waals surface area contributed by atoms with E-state index in [4.69, 9.17) is 5.73 Å². The number of halogens is 1. The average Bonchev–Trinajstić information content (AvgIpc) is 2.80. The number of hydrogen-bond donors (Lipinski definition) is 1. The fraction of sp³-hybridized carbons (Fsp3) is 0.500. The highest BCUT2D eigenvalue weighted by molar-refractivity contribution is 5.73. The van der Waals surface area contributed by atoms with Crippen molar-refractivity contribution in [1.29, 1.82) is 0 Å². The van der Waals surface area contributed by atoms with Crippen LogP contribution in [0.1, 0.15) is 30.4 Å². The van der Waals surface area contributed by atoms with Crippen molar-refractivity contribution < 1.29 is 4.39 Å². The first-order valence-electron chi connectivity index (χ1n) is 7.18. The molecule has 1 aromatic rings. The van der Waals surface area contributed by atoms with Gasteiger partial charge in [0.2, 0.25) is 0 Å². The minimum Gasteiger partial charge on any atom is -0.328 e. The maximum atomic E-state index is 13.2. The van der Waals surface area contributed by atoms with Crippen LogP contribution in [0.5, 0.6) is 0 Å². The third-order valence-corrected chi connectivity index (χ3v) is 4.31. The summed E-state index contributed by atoms with van der Waals surface area (Å²) in [5, 5.41) is 0. The molecule has 1 fully saturated rings. The van der Waals surface area contributed by atoms with Gasteiger partial charge in [-0.25, -0.2) is 4.39 Å². The van der Waals surface area contributed by atoms with Crippen LogP contribution < -0.4 is 5.73 Å². The number of likely N-dealkylation sites (tertiary alicyclic amines) is 1. The molecule has 2 N–H and O–H groups in total. The predicted octanol–water partition coefficient (Wildman–Crippen LogP) is 2.58. The number of benzene rings is 1. The molecule has 1 aliphatic heterocycles. The summed E-state index contributed by atoms with van der Waals surface area (Å²) in [7, 11) is 0. The number of fused-ring (bicyclic) bond motifs is 1. The Hall–Kier alpha value is -1.19. The average molecular weight is 260 g/mol. The van der Waals surface area contributed by atoms with E-state index in [1.807, 2.05) is 6.07 Å². The molecule has 3 rings (SSSR count). The van der Waals surface area contributed by atoms with Crippen molar-refractivity contribution in [2.75, 3.05) is 19.6 Å². The van der Waals surface area contributed by atoms with Gasteiger partial charge in [-0.15, -0.1) is 0 Å². The van der Waals surface area contributed by atoms with Gasteiger partial charge < -0.3 is 10.6 Å². The predicted molar refractivity (Wildman–Crippen MR) is 76.3 cm³/mol. The fourth-order valence-corrected chi connectivity index (χ4v) is 3.08. The lowest BCUT2D eigenvalue weighted by Gasteiger charge is -2.30. The molecular weight excluding hydrogens is 239 g/mol. The number of allylic oxidation sites excluding steroid dienone is 1. The maximum Gasteiger partial charge on any atom is 0.123 e. The maximum absolute atomic E-state index is 13.2. The smallest absolute Gasteiger partial charge is 0.123 e. The highest BCUT2D eigenvalue weighted by atomic mass is 19.1. The summed E-state index contributed by atoms with van der Waals surface area (Å²) in [6.07, 6.45) is 6.42. The van der Waals surface area contributed by atoms with Gasteiger partial charge in [0.25, 0.3) is 0 Å². The van der Waals surface area contributed by atoms with Gasteiger partial charge in [-0.05, 0) is 67.6 Å². The zero-order valence-corrected chi connectivity index (χ0v) is 11.2. The normalized spacial score (nSPS) is 20.4. The molecule has 0 aromatic heterocycles. The second-order valence-electron chi connectivity index (χ2n) is 5.66. The second-order valence-corrected chi connectivity index (χ2v) is 5.66. The van der Waals surface area contributed by atoms with Crippen molar-refractivity contribution in [3.05, 3.63) is 41.2 Å². The van der Waals surface area contributed by atoms with Gasteiger partial charge in [-0.2, -0.15) is 0 Å². The van der Waals surface area contributed by atoms with Crippen molar-refractivity contribution in [2.24, 2.45) is 5.73 Å². The van der Waals surface area contributed by atoms with E-state index in [-0.39, 0.29) is 5.82 Å². The lowest BCUT2D eigenvalue weighted by Crippen LogP contribution is -2.40. The number of hydrogen-bond acceptors (Lipinski definition) is 2. The Bertz CT molecular complexity index is 488. The highest BCUT2D eigenvalue weighted by Gasteiger charge is 2.18. The molecule has 0 radical (unpaired) electrons. The van der Waals surface area contributed by atoms with E-state index >= 15 is 0 Å². The van der Waals surface area contributed by atoms with Crippen LogP contribution in [0.15, 0.2) is 24.3 Å². The van der Waals surface area contributed by atoms with Gasteiger partial charge in [0.15, 0.2) is 0 Å². The molecule has 1 heterocycles. The Kier molecular flexibility index (Phi) is 3.67. The topological polar surface area (TPSA) is 29.3 Å². The van der Waals surface area contributed by atoms with Crippen molar-refractivity contribution in [1.82, 2.24) is 4.90 Å². The molecule has 1 aromatic carbocycles. The van der Waals surface area contributed by atoms with Gasteiger partial charge in [0.05, 0.1) is 0 Å². The van der Waals surface area contributed by atoms with Gasteiger partial charge in [0, 0.05) is 12.6 Å². The van der Waals surface area contributed by atoms with Gasteiger partial charge >= 0.3 is 0 Å². The van der Waals surface area contributed by atoms with Crippen molar-refractivity contribution >= 4 is 5.57 Å². The minimum atomic E-state index is -0.126. The Morgan fingerprint density at radius 3 is 2.84 bits per heavy atom. The van der Waals surface area contributed by atoms with Crippen LogP contribution >= 0.6 is 0 Å². The summed E-state index contributed by atoms with van der Waals surface area (Å²) < 4.78 is 13.2. The molecule has 0 saturated carbocycles.